The maximum Gasteiger partial charge on any atom is 0.257 e. The van der Waals surface area contributed by atoms with Crippen molar-refractivity contribution in [2.75, 3.05) is 6.61 Å². The Morgan fingerprint density at radius 1 is 1.64 bits per heavy atom. The van der Waals surface area contributed by atoms with Crippen molar-refractivity contribution in [3.05, 3.63) is 12.3 Å². The van der Waals surface area contributed by atoms with Crippen molar-refractivity contribution in [2.45, 2.75) is 19.3 Å². The summed E-state index contributed by atoms with van der Waals surface area (Å²) in [5.74, 6) is -2.17. The van der Waals surface area contributed by atoms with E-state index in [1.165, 1.54) is 6.92 Å². The van der Waals surface area contributed by atoms with E-state index < -0.39 is 11.3 Å². The summed E-state index contributed by atoms with van der Waals surface area (Å²) in [6.07, 6.45) is 1.62. The molecule has 0 bridgehead atoms. The quantitative estimate of drug-likeness (QED) is 0.747. The van der Waals surface area contributed by atoms with E-state index in [1.54, 1.807) is 24.0 Å². The van der Waals surface area contributed by atoms with Gasteiger partial charge in [0.25, 0.3) is 5.92 Å². The first-order valence-corrected chi connectivity index (χ1v) is 4.43. The third-order valence-corrected chi connectivity index (χ3v) is 2.60. The molecule has 0 spiro atoms. The molecule has 1 atom stereocenters. The lowest BCUT2D eigenvalue weighted by Crippen LogP contribution is -2.16. The molecule has 1 fully saturated rings. The number of aryl methyl sites for hydroxylation is 1. The average Bonchev–Trinajstić information content (AvgIpc) is 2.46. The highest BCUT2D eigenvalue weighted by molar-refractivity contribution is 5.11. The van der Waals surface area contributed by atoms with Crippen molar-refractivity contribution in [2.24, 2.45) is 12.5 Å². The minimum absolute atomic E-state index is 0.0248. The molecule has 2 rings (SSSR count). The smallest absolute Gasteiger partial charge is 0.257 e. The van der Waals surface area contributed by atoms with Crippen LogP contribution in [0.25, 0.3) is 0 Å². The monoisotopic (exact) mass is 202 g/mol. The van der Waals surface area contributed by atoms with Gasteiger partial charge in [-0.15, -0.1) is 5.10 Å². The molecule has 0 radical (unpaired) electrons. The van der Waals surface area contributed by atoms with Crippen molar-refractivity contribution in [3.8, 4) is 5.88 Å². The zero-order chi connectivity index (χ0) is 10.4. The van der Waals surface area contributed by atoms with Gasteiger partial charge in [-0.1, -0.05) is 6.92 Å². The number of aromatic nitrogens is 2. The standard InChI is InChI=1S/C9H12F2N2O/c1-8(5-9(8,10)11)6-14-7-3-4-13(2)12-7/h3-4H,5-6H2,1-2H3. The van der Waals surface area contributed by atoms with E-state index >= 15 is 0 Å². The van der Waals surface area contributed by atoms with Crippen LogP contribution in [0.3, 0.4) is 0 Å². The van der Waals surface area contributed by atoms with Gasteiger partial charge in [0.2, 0.25) is 5.88 Å². The molecule has 0 amide bonds. The highest BCUT2D eigenvalue weighted by Crippen LogP contribution is 2.60. The molecule has 78 valence electrons. The molecule has 1 unspecified atom stereocenters. The molecule has 1 aromatic heterocycles. The summed E-state index contributed by atoms with van der Waals surface area (Å²) in [7, 11) is 1.75. The van der Waals surface area contributed by atoms with Gasteiger partial charge in [-0.2, -0.15) is 0 Å². The van der Waals surface area contributed by atoms with E-state index in [9.17, 15) is 8.78 Å². The van der Waals surface area contributed by atoms with Gasteiger partial charge in [-0.05, 0) is 0 Å². The predicted molar refractivity (Wildman–Crippen MR) is 46.4 cm³/mol. The third-order valence-electron chi connectivity index (χ3n) is 2.60. The largest absolute Gasteiger partial charge is 0.476 e. The Kier molecular flexibility index (Phi) is 1.81. The van der Waals surface area contributed by atoms with Gasteiger partial charge in [-0.3, -0.25) is 4.68 Å². The first kappa shape index (κ1) is 9.43. The Labute approximate surface area is 80.7 Å². The maximum atomic E-state index is 12.8. The van der Waals surface area contributed by atoms with Crippen molar-refractivity contribution < 1.29 is 13.5 Å². The van der Waals surface area contributed by atoms with Crippen LogP contribution in [-0.2, 0) is 7.05 Å². The lowest BCUT2D eigenvalue weighted by molar-refractivity contribution is 0.0489. The van der Waals surface area contributed by atoms with E-state index in [-0.39, 0.29) is 13.0 Å². The second-order valence-corrected chi connectivity index (χ2v) is 4.06. The van der Waals surface area contributed by atoms with Gasteiger partial charge in [0, 0.05) is 25.7 Å². The lowest BCUT2D eigenvalue weighted by atomic mass is 10.1. The molecular formula is C9H12F2N2O. The van der Waals surface area contributed by atoms with E-state index in [0.717, 1.165) is 0 Å². The third kappa shape index (κ3) is 1.47. The van der Waals surface area contributed by atoms with Crippen LogP contribution >= 0.6 is 0 Å². The fourth-order valence-corrected chi connectivity index (χ4v) is 1.31. The number of nitrogens with zero attached hydrogens (tertiary/aromatic N) is 2. The first-order valence-electron chi connectivity index (χ1n) is 4.43. The van der Waals surface area contributed by atoms with Crippen LogP contribution in [0.5, 0.6) is 5.88 Å². The van der Waals surface area contributed by atoms with E-state index in [0.29, 0.717) is 5.88 Å². The number of hydrogen-bond acceptors (Lipinski definition) is 2. The first-order chi connectivity index (χ1) is 6.43. The Morgan fingerprint density at radius 2 is 2.29 bits per heavy atom. The zero-order valence-electron chi connectivity index (χ0n) is 8.13. The van der Waals surface area contributed by atoms with E-state index in [2.05, 4.69) is 5.10 Å². The van der Waals surface area contributed by atoms with E-state index in [1.807, 2.05) is 0 Å². The molecule has 1 saturated carbocycles. The summed E-state index contributed by atoms with van der Waals surface area (Å²) in [4.78, 5) is 0. The number of ether oxygens (including phenoxy) is 1. The van der Waals surface area contributed by atoms with Crippen LogP contribution in [0.15, 0.2) is 12.3 Å². The second kappa shape index (κ2) is 2.68. The fraction of sp³-hybridized carbons (Fsp3) is 0.667. The molecule has 1 aromatic rings. The van der Waals surface area contributed by atoms with Gasteiger partial charge >= 0.3 is 0 Å². The lowest BCUT2D eigenvalue weighted by Gasteiger charge is -2.09. The van der Waals surface area contributed by atoms with Crippen molar-refractivity contribution >= 4 is 0 Å². The number of hydrogen-bond donors (Lipinski definition) is 0. The van der Waals surface area contributed by atoms with Crippen molar-refractivity contribution in [3.63, 3.8) is 0 Å². The molecule has 3 nitrogen and oxygen atoms in total. The molecular weight excluding hydrogens is 190 g/mol. The minimum Gasteiger partial charge on any atom is -0.476 e. The van der Waals surface area contributed by atoms with Crippen LogP contribution < -0.4 is 4.74 Å². The molecule has 0 N–H and O–H groups in total. The van der Waals surface area contributed by atoms with Gasteiger partial charge in [0.1, 0.15) is 6.61 Å². The SMILES string of the molecule is Cn1ccc(OCC2(C)CC2(F)F)n1. The summed E-state index contributed by atoms with van der Waals surface area (Å²) in [5, 5.41) is 3.94. The average molecular weight is 202 g/mol. The topological polar surface area (TPSA) is 27.1 Å². The summed E-state index contributed by atoms with van der Waals surface area (Å²) in [5.41, 5.74) is -0.996. The number of alkyl halides is 2. The van der Waals surface area contributed by atoms with E-state index in [4.69, 9.17) is 4.74 Å². The highest BCUT2D eigenvalue weighted by Gasteiger charge is 2.68. The van der Waals surface area contributed by atoms with Crippen molar-refractivity contribution in [1.82, 2.24) is 9.78 Å². The highest BCUT2D eigenvalue weighted by atomic mass is 19.3. The molecule has 5 heteroatoms. The molecule has 0 aliphatic heterocycles. The van der Waals surface area contributed by atoms with Crippen LogP contribution in [0, 0.1) is 5.41 Å². The summed E-state index contributed by atoms with van der Waals surface area (Å²) < 4.78 is 32.3. The number of halogens is 2. The van der Waals surface area contributed by atoms with Gasteiger partial charge in [-0.25, -0.2) is 8.78 Å². The summed E-state index contributed by atoms with van der Waals surface area (Å²) in [6.45, 7) is 1.55. The summed E-state index contributed by atoms with van der Waals surface area (Å²) >= 11 is 0. The molecule has 1 aliphatic carbocycles. The normalized spacial score (nSPS) is 28.9. The fourth-order valence-electron chi connectivity index (χ4n) is 1.31. The maximum absolute atomic E-state index is 12.8. The van der Waals surface area contributed by atoms with Gasteiger partial charge in [0.15, 0.2) is 0 Å². The Balaban J connectivity index is 1.90. The molecule has 14 heavy (non-hydrogen) atoms. The Morgan fingerprint density at radius 3 is 2.71 bits per heavy atom. The predicted octanol–water partition coefficient (Wildman–Crippen LogP) is 1.84. The minimum atomic E-state index is -2.57. The molecule has 1 aliphatic rings. The number of rotatable bonds is 3. The Hall–Kier alpha value is -1.13. The Bertz CT molecular complexity index is 350. The van der Waals surface area contributed by atoms with Gasteiger partial charge < -0.3 is 4.74 Å². The van der Waals surface area contributed by atoms with Crippen molar-refractivity contribution in [1.29, 1.82) is 0 Å². The van der Waals surface area contributed by atoms with Gasteiger partial charge in [0.05, 0.1) is 5.41 Å². The zero-order valence-corrected chi connectivity index (χ0v) is 8.13. The second-order valence-electron chi connectivity index (χ2n) is 4.06. The van der Waals surface area contributed by atoms with Crippen LogP contribution in [-0.4, -0.2) is 22.3 Å². The van der Waals surface area contributed by atoms with Crippen LogP contribution in [0.2, 0.25) is 0 Å². The van der Waals surface area contributed by atoms with Crippen LogP contribution in [0.4, 0.5) is 8.78 Å². The molecule has 0 saturated heterocycles. The molecule has 1 heterocycles. The van der Waals surface area contributed by atoms with Crippen LogP contribution in [0.1, 0.15) is 13.3 Å². The summed E-state index contributed by atoms with van der Waals surface area (Å²) in [6, 6.07) is 1.66. The molecule has 0 aromatic carbocycles.